The van der Waals surface area contributed by atoms with Crippen molar-refractivity contribution in [1.82, 2.24) is 20.4 Å². The molecule has 0 aromatic heterocycles. The molecule has 6 heteroatoms. The zero-order chi connectivity index (χ0) is 18.7. The lowest BCUT2D eigenvalue weighted by Crippen LogP contribution is -2.55. The maximum absolute atomic E-state index is 4.43. The molecular weight excluding hydrogens is 437 g/mol. The van der Waals surface area contributed by atoms with E-state index in [1.54, 1.807) is 0 Å². The van der Waals surface area contributed by atoms with Crippen molar-refractivity contribution >= 4 is 29.9 Å². The Morgan fingerprint density at radius 3 is 2.15 bits per heavy atom. The summed E-state index contributed by atoms with van der Waals surface area (Å²) in [5.74, 6) is 2.34. The van der Waals surface area contributed by atoms with Gasteiger partial charge < -0.3 is 15.5 Å². The van der Waals surface area contributed by atoms with Crippen molar-refractivity contribution in [3.05, 3.63) is 0 Å². The Hall–Kier alpha value is -0.0800. The Labute approximate surface area is 179 Å². The summed E-state index contributed by atoms with van der Waals surface area (Å²) in [6.07, 6.45) is 5.16. The number of guanidine groups is 1. The Kier molecular flexibility index (Phi) is 14.9. The molecule has 5 nitrogen and oxygen atoms in total. The first-order valence-corrected chi connectivity index (χ1v) is 10.4. The summed E-state index contributed by atoms with van der Waals surface area (Å²) in [5, 5.41) is 7.12. The molecule has 0 amide bonds. The zero-order valence-electron chi connectivity index (χ0n) is 18.1. The van der Waals surface area contributed by atoms with Gasteiger partial charge in [-0.1, -0.05) is 47.0 Å². The molecular formula is C20H44IN5. The van der Waals surface area contributed by atoms with E-state index in [1.165, 1.54) is 51.9 Å². The van der Waals surface area contributed by atoms with Crippen molar-refractivity contribution in [2.75, 3.05) is 53.4 Å². The third kappa shape index (κ3) is 9.74. The van der Waals surface area contributed by atoms with Crippen molar-refractivity contribution in [2.24, 2.45) is 16.8 Å². The minimum absolute atomic E-state index is 0. The lowest BCUT2D eigenvalue weighted by atomic mass is 9.99. The molecule has 0 aliphatic carbocycles. The lowest BCUT2D eigenvalue weighted by Gasteiger charge is -2.40. The molecule has 1 rings (SSSR count). The first kappa shape index (κ1) is 25.9. The fourth-order valence-corrected chi connectivity index (χ4v) is 3.55. The number of likely N-dealkylation sites (N-methyl/N-ethyl adjacent to an activating group) is 1. The summed E-state index contributed by atoms with van der Waals surface area (Å²) < 4.78 is 0. The van der Waals surface area contributed by atoms with E-state index < -0.39 is 0 Å². The number of unbranched alkanes of at least 4 members (excludes halogenated alkanes) is 1. The van der Waals surface area contributed by atoms with Gasteiger partial charge in [-0.3, -0.25) is 9.89 Å². The molecule has 26 heavy (non-hydrogen) atoms. The molecule has 156 valence electrons. The number of aliphatic imine (C=N–C) groups is 1. The van der Waals surface area contributed by atoms with Gasteiger partial charge in [-0.05, 0) is 25.3 Å². The third-order valence-corrected chi connectivity index (χ3v) is 5.58. The second-order valence-electron chi connectivity index (χ2n) is 7.90. The number of hydrogen-bond donors (Lipinski definition) is 2. The predicted octanol–water partition coefficient (Wildman–Crippen LogP) is 3.26. The normalized spacial score (nSPS) is 19.1. The molecule has 2 N–H and O–H groups in total. The molecule has 0 spiro atoms. The number of hydrogen-bond acceptors (Lipinski definition) is 3. The van der Waals surface area contributed by atoms with Gasteiger partial charge in [0.1, 0.15) is 0 Å². The van der Waals surface area contributed by atoms with Gasteiger partial charge in [0.2, 0.25) is 0 Å². The first-order chi connectivity index (χ1) is 12.0. The number of piperazine rings is 1. The van der Waals surface area contributed by atoms with E-state index in [0.29, 0.717) is 12.0 Å². The van der Waals surface area contributed by atoms with Crippen molar-refractivity contribution in [3.63, 3.8) is 0 Å². The number of rotatable bonds is 10. The van der Waals surface area contributed by atoms with Crippen molar-refractivity contribution in [2.45, 2.75) is 59.4 Å². The summed E-state index contributed by atoms with van der Waals surface area (Å²) in [4.78, 5) is 9.49. The van der Waals surface area contributed by atoms with Gasteiger partial charge in [-0.2, -0.15) is 0 Å². The Balaban J connectivity index is 0.00000625. The van der Waals surface area contributed by atoms with Crippen LogP contribution in [0.2, 0.25) is 0 Å². The van der Waals surface area contributed by atoms with Crippen molar-refractivity contribution in [3.8, 4) is 0 Å². The summed E-state index contributed by atoms with van der Waals surface area (Å²) in [6, 6.07) is 0.564. The van der Waals surface area contributed by atoms with Crippen LogP contribution in [0.15, 0.2) is 4.99 Å². The minimum atomic E-state index is 0. The molecule has 0 bridgehead atoms. The van der Waals surface area contributed by atoms with Crippen LogP contribution < -0.4 is 10.6 Å². The topological polar surface area (TPSA) is 42.9 Å². The predicted molar refractivity (Wildman–Crippen MR) is 126 cm³/mol. The van der Waals surface area contributed by atoms with Crippen LogP contribution in [0.5, 0.6) is 0 Å². The van der Waals surface area contributed by atoms with Crippen LogP contribution in [0, 0.1) is 11.8 Å². The van der Waals surface area contributed by atoms with E-state index in [1.807, 2.05) is 7.05 Å². The smallest absolute Gasteiger partial charge is 0.191 e. The average molecular weight is 482 g/mol. The summed E-state index contributed by atoms with van der Waals surface area (Å²) in [7, 11) is 4.09. The second kappa shape index (κ2) is 14.9. The largest absolute Gasteiger partial charge is 0.356 e. The molecule has 0 aromatic carbocycles. The van der Waals surface area contributed by atoms with Crippen LogP contribution in [-0.2, 0) is 0 Å². The Morgan fingerprint density at radius 2 is 1.65 bits per heavy atom. The van der Waals surface area contributed by atoms with Crippen LogP contribution in [0.25, 0.3) is 0 Å². The second-order valence-corrected chi connectivity index (χ2v) is 7.90. The van der Waals surface area contributed by atoms with Crippen LogP contribution >= 0.6 is 24.0 Å². The van der Waals surface area contributed by atoms with Gasteiger partial charge in [0.05, 0.1) is 0 Å². The maximum Gasteiger partial charge on any atom is 0.191 e. The van der Waals surface area contributed by atoms with E-state index in [4.69, 9.17) is 0 Å². The quantitative estimate of drug-likeness (QED) is 0.286. The third-order valence-electron chi connectivity index (χ3n) is 5.58. The average Bonchev–Trinajstić information content (AvgIpc) is 2.61. The van der Waals surface area contributed by atoms with E-state index in [-0.39, 0.29) is 24.0 Å². The van der Waals surface area contributed by atoms with Gasteiger partial charge in [0, 0.05) is 52.4 Å². The summed E-state index contributed by atoms with van der Waals surface area (Å²) in [6.45, 7) is 15.9. The van der Waals surface area contributed by atoms with Gasteiger partial charge in [0.15, 0.2) is 5.96 Å². The fraction of sp³-hybridized carbons (Fsp3) is 0.950. The molecule has 1 saturated heterocycles. The van der Waals surface area contributed by atoms with Gasteiger partial charge in [0.25, 0.3) is 0 Å². The highest BCUT2D eigenvalue weighted by Gasteiger charge is 2.25. The number of halogens is 1. The maximum atomic E-state index is 4.43. The zero-order valence-corrected chi connectivity index (χ0v) is 20.4. The van der Waals surface area contributed by atoms with Crippen LogP contribution in [0.3, 0.4) is 0 Å². The van der Waals surface area contributed by atoms with Gasteiger partial charge in [-0.25, -0.2) is 0 Å². The molecule has 1 aliphatic heterocycles. The molecule has 0 radical (unpaired) electrons. The molecule has 1 fully saturated rings. The summed E-state index contributed by atoms with van der Waals surface area (Å²) in [5.41, 5.74) is 0. The highest BCUT2D eigenvalue weighted by atomic mass is 127. The highest BCUT2D eigenvalue weighted by Crippen LogP contribution is 2.13. The SMILES string of the molecule is CCCCC(CC)CNC(=NC)NCC(C(C)C)N1CCN(C)CC1.I. The van der Waals surface area contributed by atoms with Crippen LogP contribution in [-0.4, -0.2) is 75.2 Å². The summed E-state index contributed by atoms with van der Waals surface area (Å²) >= 11 is 0. The monoisotopic (exact) mass is 481 g/mol. The molecule has 1 heterocycles. The Bertz CT molecular complexity index is 367. The molecule has 1 aliphatic rings. The molecule has 0 aromatic rings. The van der Waals surface area contributed by atoms with E-state index >= 15 is 0 Å². The van der Waals surface area contributed by atoms with Crippen molar-refractivity contribution in [1.29, 1.82) is 0 Å². The number of nitrogens with one attached hydrogen (secondary N) is 2. The Morgan fingerprint density at radius 1 is 1.04 bits per heavy atom. The molecule has 0 saturated carbocycles. The van der Waals surface area contributed by atoms with E-state index in [9.17, 15) is 0 Å². The van der Waals surface area contributed by atoms with Gasteiger partial charge in [-0.15, -0.1) is 24.0 Å². The molecule has 2 atom stereocenters. The number of nitrogens with zero attached hydrogens (tertiary/aromatic N) is 3. The molecule has 2 unspecified atom stereocenters. The minimum Gasteiger partial charge on any atom is -0.356 e. The highest BCUT2D eigenvalue weighted by molar-refractivity contribution is 14.0. The lowest BCUT2D eigenvalue weighted by molar-refractivity contribution is 0.0900. The first-order valence-electron chi connectivity index (χ1n) is 10.4. The van der Waals surface area contributed by atoms with Crippen LogP contribution in [0.4, 0.5) is 0 Å². The van der Waals surface area contributed by atoms with E-state index in [2.05, 4.69) is 60.2 Å². The van der Waals surface area contributed by atoms with Crippen LogP contribution in [0.1, 0.15) is 53.4 Å². The van der Waals surface area contributed by atoms with E-state index in [0.717, 1.165) is 25.0 Å². The van der Waals surface area contributed by atoms with Gasteiger partial charge >= 0.3 is 0 Å². The fourth-order valence-electron chi connectivity index (χ4n) is 3.55. The van der Waals surface area contributed by atoms with Crippen molar-refractivity contribution < 1.29 is 0 Å². The standard InChI is InChI=1S/C20H43N5.HI/c1-7-9-10-18(8-2)15-22-20(21-5)23-16-19(17(3)4)25-13-11-24(6)12-14-25;/h17-19H,7-16H2,1-6H3,(H2,21,22,23);1H.